The second-order valence-corrected chi connectivity index (χ2v) is 6.91. The Hall–Kier alpha value is -0.520. The van der Waals surface area contributed by atoms with E-state index in [1.165, 1.54) is 4.90 Å². The maximum absolute atomic E-state index is 6.17. The van der Waals surface area contributed by atoms with Crippen molar-refractivity contribution in [2.75, 3.05) is 5.75 Å². The second kappa shape index (κ2) is 7.48. The van der Waals surface area contributed by atoms with Gasteiger partial charge in [-0.3, -0.25) is 11.3 Å². The molecule has 0 saturated carbocycles. The van der Waals surface area contributed by atoms with Crippen molar-refractivity contribution in [1.29, 1.82) is 0 Å². The summed E-state index contributed by atoms with van der Waals surface area (Å²) in [5.41, 5.74) is 5.04. The third kappa shape index (κ3) is 4.24. The zero-order valence-corrected chi connectivity index (χ0v) is 14.2. The van der Waals surface area contributed by atoms with Gasteiger partial charge in [-0.15, -0.1) is 11.8 Å². The quantitative estimate of drug-likeness (QED) is 0.454. The SMILES string of the molecule is Cc1ccc(C(CSc2cccc(Br)c2)NN)cc1Cl. The Bertz CT molecular complexity index is 592. The van der Waals surface area contributed by atoms with Crippen molar-refractivity contribution in [3.8, 4) is 0 Å². The molecule has 0 aliphatic heterocycles. The first-order valence-electron chi connectivity index (χ1n) is 6.20. The standard InChI is InChI=1S/C15H16BrClN2S/c1-10-5-6-11(7-14(10)17)15(19-18)9-20-13-4-2-3-12(16)8-13/h2-8,15,19H,9,18H2,1H3. The van der Waals surface area contributed by atoms with E-state index in [1.807, 2.05) is 31.2 Å². The molecular weight excluding hydrogens is 356 g/mol. The van der Waals surface area contributed by atoms with E-state index in [2.05, 4.69) is 39.6 Å². The van der Waals surface area contributed by atoms with Crippen molar-refractivity contribution in [3.63, 3.8) is 0 Å². The van der Waals surface area contributed by atoms with Crippen molar-refractivity contribution in [3.05, 3.63) is 63.1 Å². The molecule has 0 aromatic heterocycles. The second-order valence-electron chi connectivity index (χ2n) is 4.50. The monoisotopic (exact) mass is 370 g/mol. The first-order chi connectivity index (χ1) is 9.60. The molecule has 0 heterocycles. The molecule has 2 rings (SSSR count). The Morgan fingerprint density at radius 3 is 2.75 bits per heavy atom. The molecule has 0 aliphatic carbocycles. The van der Waals surface area contributed by atoms with Gasteiger partial charge in [0.15, 0.2) is 0 Å². The molecule has 0 bridgehead atoms. The highest BCUT2D eigenvalue weighted by atomic mass is 79.9. The molecule has 0 saturated heterocycles. The van der Waals surface area contributed by atoms with E-state index >= 15 is 0 Å². The number of hydrazine groups is 1. The summed E-state index contributed by atoms with van der Waals surface area (Å²) < 4.78 is 1.08. The highest BCUT2D eigenvalue weighted by Gasteiger charge is 2.11. The van der Waals surface area contributed by atoms with Gasteiger partial charge in [0, 0.05) is 20.1 Å². The van der Waals surface area contributed by atoms with Gasteiger partial charge in [-0.05, 0) is 42.3 Å². The van der Waals surface area contributed by atoms with Crippen LogP contribution in [0.3, 0.4) is 0 Å². The van der Waals surface area contributed by atoms with Crippen LogP contribution in [0.15, 0.2) is 51.8 Å². The molecule has 2 aromatic carbocycles. The third-order valence-corrected chi connectivity index (χ3v) is 5.00. The molecule has 5 heteroatoms. The Balaban J connectivity index is 2.07. The van der Waals surface area contributed by atoms with Crippen LogP contribution in [0.4, 0.5) is 0 Å². The molecule has 1 unspecified atom stereocenters. The summed E-state index contributed by atoms with van der Waals surface area (Å²) in [7, 11) is 0. The van der Waals surface area contributed by atoms with Gasteiger partial charge < -0.3 is 0 Å². The molecule has 0 fully saturated rings. The van der Waals surface area contributed by atoms with Gasteiger partial charge in [-0.2, -0.15) is 0 Å². The Labute approximate surface area is 137 Å². The molecule has 0 aliphatic rings. The van der Waals surface area contributed by atoms with E-state index in [4.69, 9.17) is 17.4 Å². The predicted octanol–water partition coefficient (Wildman–Crippen LogP) is 4.71. The first kappa shape index (κ1) is 15.9. The summed E-state index contributed by atoms with van der Waals surface area (Å²) in [5.74, 6) is 6.51. The summed E-state index contributed by atoms with van der Waals surface area (Å²) >= 11 is 11.4. The van der Waals surface area contributed by atoms with Crippen LogP contribution in [0.5, 0.6) is 0 Å². The zero-order chi connectivity index (χ0) is 14.5. The van der Waals surface area contributed by atoms with Gasteiger partial charge in [0.1, 0.15) is 0 Å². The molecule has 0 spiro atoms. The minimum Gasteiger partial charge on any atom is -0.271 e. The lowest BCUT2D eigenvalue weighted by Gasteiger charge is -2.17. The summed E-state index contributed by atoms with van der Waals surface area (Å²) in [6.45, 7) is 1.99. The van der Waals surface area contributed by atoms with Crippen molar-refractivity contribution < 1.29 is 0 Å². The van der Waals surface area contributed by atoms with Crippen LogP contribution in [0.25, 0.3) is 0 Å². The van der Waals surface area contributed by atoms with Gasteiger partial charge in [-0.1, -0.05) is 45.7 Å². The van der Waals surface area contributed by atoms with Crippen LogP contribution >= 0.6 is 39.3 Å². The van der Waals surface area contributed by atoms with Crippen LogP contribution < -0.4 is 11.3 Å². The molecule has 20 heavy (non-hydrogen) atoms. The molecule has 2 aromatic rings. The Morgan fingerprint density at radius 2 is 2.10 bits per heavy atom. The van der Waals surface area contributed by atoms with Crippen LogP contribution in [0.1, 0.15) is 17.2 Å². The highest BCUT2D eigenvalue weighted by molar-refractivity contribution is 9.10. The lowest BCUT2D eigenvalue weighted by atomic mass is 10.1. The van der Waals surface area contributed by atoms with Crippen molar-refractivity contribution in [2.24, 2.45) is 5.84 Å². The van der Waals surface area contributed by atoms with E-state index < -0.39 is 0 Å². The normalized spacial score (nSPS) is 12.4. The average Bonchev–Trinajstić information content (AvgIpc) is 2.43. The first-order valence-corrected chi connectivity index (χ1v) is 8.36. The largest absolute Gasteiger partial charge is 0.271 e. The number of halogens is 2. The van der Waals surface area contributed by atoms with Gasteiger partial charge >= 0.3 is 0 Å². The summed E-state index contributed by atoms with van der Waals surface area (Å²) in [5, 5.41) is 0.773. The van der Waals surface area contributed by atoms with Crippen LogP contribution in [-0.2, 0) is 0 Å². The third-order valence-electron chi connectivity index (χ3n) is 3.01. The van der Waals surface area contributed by atoms with E-state index in [0.717, 1.165) is 26.4 Å². The topological polar surface area (TPSA) is 38.0 Å². The fourth-order valence-electron chi connectivity index (χ4n) is 1.80. The summed E-state index contributed by atoms with van der Waals surface area (Å²) in [6, 6.07) is 14.4. The number of aryl methyl sites for hydroxylation is 1. The number of nitrogens with one attached hydrogen (secondary N) is 1. The Morgan fingerprint density at radius 1 is 1.30 bits per heavy atom. The summed E-state index contributed by atoms with van der Waals surface area (Å²) in [6.07, 6.45) is 0. The van der Waals surface area contributed by atoms with Gasteiger partial charge in [-0.25, -0.2) is 0 Å². The number of nitrogens with two attached hydrogens (primary N) is 1. The van der Waals surface area contributed by atoms with E-state index in [1.54, 1.807) is 11.8 Å². The van der Waals surface area contributed by atoms with Crippen LogP contribution in [0.2, 0.25) is 5.02 Å². The van der Waals surface area contributed by atoms with Crippen LogP contribution in [-0.4, -0.2) is 5.75 Å². The molecular formula is C15H16BrClN2S. The predicted molar refractivity (Wildman–Crippen MR) is 91.1 cm³/mol. The minimum absolute atomic E-state index is 0.0667. The minimum atomic E-state index is 0.0667. The molecule has 2 nitrogen and oxygen atoms in total. The molecule has 1 atom stereocenters. The lowest BCUT2D eigenvalue weighted by molar-refractivity contribution is 0.610. The number of hydrogen-bond donors (Lipinski definition) is 2. The van der Waals surface area contributed by atoms with E-state index in [-0.39, 0.29) is 6.04 Å². The van der Waals surface area contributed by atoms with Crippen molar-refractivity contribution in [1.82, 2.24) is 5.43 Å². The summed E-state index contributed by atoms with van der Waals surface area (Å²) in [4.78, 5) is 1.21. The maximum atomic E-state index is 6.17. The lowest BCUT2D eigenvalue weighted by Crippen LogP contribution is -2.29. The number of benzene rings is 2. The molecule has 0 radical (unpaired) electrons. The average molecular weight is 372 g/mol. The van der Waals surface area contributed by atoms with E-state index in [9.17, 15) is 0 Å². The van der Waals surface area contributed by atoms with Gasteiger partial charge in [0.05, 0.1) is 6.04 Å². The van der Waals surface area contributed by atoms with E-state index in [0.29, 0.717) is 0 Å². The van der Waals surface area contributed by atoms with Gasteiger partial charge in [0.25, 0.3) is 0 Å². The number of thioether (sulfide) groups is 1. The van der Waals surface area contributed by atoms with Crippen molar-refractivity contribution >= 4 is 39.3 Å². The van der Waals surface area contributed by atoms with Crippen molar-refractivity contribution in [2.45, 2.75) is 17.9 Å². The molecule has 106 valence electrons. The number of rotatable bonds is 5. The Kier molecular flexibility index (Phi) is 5.93. The maximum Gasteiger partial charge on any atom is 0.0554 e. The fourth-order valence-corrected chi connectivity index (χ4v) is 3.58. The zero-order valence-electron chi connectivity index (χ0n) is 11.1. The van der Waals surface area contributed by atoms with Crippen LogP contribution in [0, 0.1) is 6.92 Å². The number of hydrogen-bond acceptors (Lipinski definition) is 3. The molecule has 3 N–H and O–H groups in total. The molecule has 0 amide bonds. The highest BCUT2D eigenvalue weighted by Crippen LogP contribution is 2.28. The fraction of sp³-hybridized carbons (Fsp3) is 0.200. The van der Waals surface area contributed by atoms with Gasteiger partial charge in [0.2, 0.25) is 0 Å². The smallest absolute Gasteiger partial charge is 0.0554 e.